The summed E-state index contributed by atoms with van der Waals surface area (Å²) >= 11 is 0. The Morgan fingerprint density at radius 1 is 1.26 bits per heavy atom. The van der Waals surface area contributed by atoms with Crippen molar-refractivity contribution in [3.8, 4) is 0 Å². The highest BCUT2D eigenvalue weighted by Gasteiger charge is 2.15. The molecule has 1 atom stereocenters. The molecule has 0 bridgehead atoms. The standard InChI is InChI=1S/C19H26N2O2/c1-4-5-6-7-10-14(3)21-19(23)16-12-20-17-13(2)9-8-11-15(17)18(16)22/h8-9,11-12,14H,4-7,10H2,1-3H3,(H,20,22)(H,21,23). The maximum Gasteiger partial charge on any atom is 0.256 e. The molecular weight excluding hydrogens is 288 g/mol. The molecule has 0 fully saturated rings. The van der Waals surface area contributed by atoms with Crippen LogP contribution in [0, 0.1) is 6.92 Å². The first-order chi connectivity index (χ1) is 11.0. The molecule has 0 aliphatic rings. The van der Waals surface area contributed by atoms with Crippen molar-refractivity contribution in [1.29, 1.82) is 0 Å². The van der Waals surface area contributed by atoms with Gasteiger partial charge in [0, 0.05) is 17.6 Å². The fourth-order valence-electron chi connectivity index (χ4n) is 2.82. The van der Waals surface area contributed by atoms with Crippen LogP contribution in [0.5, 0.6) is 0 Å². The lowest BCUT2D eigenvalue weighted by Crippen LogP contribution is -2.35. The maximum atomic E-state index is 12.5. The Bertz CT molecular complexity index is 734. The third kappa shape index (κ3) is 4.21. The molecule has 0 aliphatic heterocycles. The Labute approximate surface area is 137 Å². The quantitative estimate of drug-likeness (QED) is 0.761. The van der Waals surface area contributed by atoms with E-state index in [1.54, 1.807) is 6.07 Å². The van der Waals surface area contributed by atoms with Gasteiger partial charge in [0.1, 0.15) is 5.56 Å². The second-order valence-corrected chi connectivity index (χ2v) is 6.25. The van der Waals surface area contributed by atoms with Crippen molar-refractivity contribution in [2.45, 2.75) is 58.9 Å². The lowest BCUT2D eigenvalue weighted by Gasteiger charge is -2.14. The van der Waals surface area contributed by atoms with Gasteiger partial charge in [-0.05, 0) is 31.9 Å². The molecular formula is C19H26N2O2. The van der Waals surface area contributed by atoms with E-state index in [0.717, 1.165) is 23.9 Å². The van der Waals surface area contributed by atoms with Gasteiger partial charge in [0.15, 0.2) is 0 Å². The average Bonchev–Trinajstić information content (AvgIpc) is 2.52. The molecule has 0 spiro atoms. The number of hydrogen-bond acceptors (Lipinski definition) is 2. The molecule has 124 valence electrons. The van der Waals surface area contributed by atoms with Crippen LogP contribution < -0.4 is 10.7 Å². The summed E-state index contributed by atoms with van der Waals surface area (Å²) in [7, 11) is 0. The summed E-state index contributed by atoms with van der Waals surface area (Å²) < 4.78 is 0. The predicted molar refractivity (Wildman–Crippen MR) is 95.0 cm³/mol. The lowest BCUT2D eigenvalue weighted by molar-refractivity contribution is 0.0936. The monoisotopic (exact) mass is 314 g/mol. The molecule has 1 aromatic heterocycles. The number of H-pyrrole nitrogens is 1. The number of carbonyl (C=O) groups excluding carboxylic acids is 1. The highest BCUT2D eigenvalue weighted by molar-refractivity contribution is 5.97. The van der Waals surface area contributed by atoms with E-state index >= 15 is 0 Å². The van der Waals surface area contributed by atoms with Crippen molar-refractivity contribution in [3.63, 3.8) is 0 Å². The summed E-state index contributed by atoms with van der Waals surface area (Å²) in [5.74, 6) is -0.294. The van der Waals surface area contributed by atoms with E-state index in [9.17, 15) is 9.59 Å². The zero-order valence-electron chi connectivity index (χ0n) is 14.2. The van der Waals surface area contributed by atoms with Crippen molar-refractivity contribution in [3.05, 3.63) is 45.7 Å². The highest BCUT2D eigenvalue weighted by atomic mass is 16.2. The fourth-order valence-corrected chi connectivity index (χ4v) is 2.82. The predicted octanol–water partition coefficient (Wildman–Crippen LogP) is 3.93. The number of carbonyl (C=O) groups is 1. The van der Waals surface area contributed by atoms with Crippen molar-refractivity contribution in [2.75, 3.05) is 0 Å². The van der Waals surface area contributed by atoms with Gasteiger partial charge < -0.3 is 10.3 Å². The van der Waals surface area contributed by atoms with Crippen LogP contribution in [0.2, 0.25) is 0 Å². The summed E-state index contributed by atoms with van der Waals surface area (Å²) in [5.41, 5.74) is 1.76. The van der Waals surface area contributed by atoms with Crippen LogP contribution in [-0.4, -0.2) is 16.9 Å². The molecule has 2 N–H and O–H groups in total. The Kier molecular flexibility index (Phi) is 5.97. The third-order valence-electron chi connectivity index (χ3n) is 4.24. The summed E-state index contributed by atoms with van der Waals surface area (Å²) in [6, 6.07) is 5.61. The zero-order chi connectivity index (χ0) is 16.8. The molecule has 0 saturated carbocycles. The van der Waals surface area contributed by atoms with E-state index < -0.39 is 0 Å². The first-order valence-corrected chi connectivity index (χ1v) is 8.46. The van der Waals surface area contributed by atoms with E-state index in [2.05, 4.69) is 17.2 Å². The van der Waals surface area contributed by atoms with Crippen LogP contribution in [0.15, 0.2) is 29.2 Å². The number of aromatic amines is 1. The number of pyridine rings is 1. The zero-order valence-corrected chi connectivity index (χ0v) is 14.2. The Morgan fingerprint density at radius 3 is 2.78 bits per heavy atom. The van der Waals surface area contributed by atoms with Crippen molar-refractivity contribution in [2.24, 2.45) is 0 Å². The van der Waals surface area contributed by atoms with Crippen LogP contribution in [0.1, 0.15) is 61.9 Å². The van der Waals surface area contributed by atoms with Crippen molar-refractivity contribution in [1.82, 2.24) is 10.3 Å². The number of benzene rings is 1. The highest BCUT2D eigenvalue weighted by Crippen LogP contribution is 2.13. The van der Waals surface area contributed by atoms with Gasteiger partial charge in [0.05, 0.1) is 5.52 Å². The summed E-state index contributed by atoms with van der Waals surface area (Å²) in [6.07, 6.45) is 7.18. The maximum absolute atomic E-state index is 12.5. The lowest BCUT2D eigenvalue weighted by atomic mass is 10.1. The second kappa shape index (κ2) is 7.95. The van der Waals surface area contributed by atoms with Gasteiger partial charge in [-0.25, -0.2) is 0 Å². The molecule has 1 heterocycles. The number of nitrogens with one attached hydrogen (secondary N) is 2. The number of unbranched alkanes of at least 4 members (excludes halogenated alkanes) is 3. The largest absolute Gasteiger partial charge is 0.360 e. The van der Waals surface area contributed by atoms with Gasteiger partial charge in [-0.1, -0.05) is 44.7 Å². The number of aromatic nitrogens is 1. The van der Waals surface area contributed by atoms with E-state index in [4.69, 9.17) is 0 Å². The normalized spacial score (nSPS) is 12.3. The van der Waals surface area contributed by atoms with E-state index in [1.807, 2.05) is 26.0 Å². The molecule has 1 aromatic carbocycles. The van der Waals surface area contributed by atoms with Crippen molar-refractivity contribution < 1.29 is 4.79 Å². The SMILES string of the molecule is CCCCCCC(C)NC(=O)c1c[nH]c2c(C)cccc2c1=O. The average molecular weight is 314 g/mol. The number of amides is 1. The molecule has 4 heteroatoms. The number of para-hydroxylation sites is 1. The van der Waals surface area contributed by atoms with Gasteiger partial charge in [-0.3, -0.25) is 9.59 Å². The van der Waals surface area contributed by atoms with Crippen LogP contribution >= 0.6 is 0 Å². The molecule has 1 amide bonds. The minimum absolute atomic E-state index is 0.0759. The van der Waals surface area contributed by atoms with Crippen LogP contribution in [0.25, 0.3) is 10.9 Å². The van der Waals surface area contributed by atoms with Crippen LogP contribution in [0.3, 0.4) is 0 Å². The fraction of sp³-hybridized carbons (Fsp3) is 0.474. The number of fused-ring (bicyclic) bond motifs is 1. The van der Waals surface area contributed by atoms with E-state index in [1.165, 1.54) is 25.5 Å². The Morgan fingerprint density at radius 2 is 2.04 bits per heavy atom. The molecule has 2 rings (SSSR count). The second-order valence-electron chi connectivity index (χ2n) is 6.25. The summed E-state index contributed by atoms with van der Waals surface area (Å²) in [6.45, 7) is 6.11. The van der Waals surface area contributed by atoms with Crippen molar-refractivity contribution >= 4 is 16.8 Å². The minimum Gasteiger partial charge on any atom is -0.360 e. The molecule has 4 nitrogen and oxygen atoms in total. The van der Waals surface area contributed by atoms with Gasteiger partial charge in [-0.2, -0.15) is 0 Å². The number of rotatable bonds is 7. The van der Waals surface area contributed by atoms with Gasteiger partial charge >= 0.3 is 0 Å². The molecule has 1 unspecified atom stereocenters. The molecule has 0 saturated heterocycles. The topological polar surface area (TPSA) is 62.0 Å². The minimum atomic E-state index is -0.294. The Balaban J connectivity index is 2.09. The first-order valence-electron chi connectivity index (χ1n) is 8.46. The molecule has 0 radical (unpaired) electrons. The van der Waals surface area contributed by atoms with E-state index in [0.29, 0.717) is 5.39 Å². The Hall–Kier alpha value is -2.10. The number of hydrogen-bond donors (Lipinski definition) is 2. The number of aryl methyl sites for hydroxylation is 1. The smallest absolute Gasteiger partial charge is 0.256 e. The van der Waals surface area contributed by atoms with Gasteiger partial charge in [-0.15, -0.1) is 0 Å². The third-order valence-corrected chi connectivity index (χ3v) is 4.24. The van der Waals surface area contributed by atoms with E-state index in [-0.39, 0.29) is 22.9 Å². The first kappa shape index (κ1) is 17.3. The summed E-state index contributed by atoms with van der Waals surface area (Å²) in [4.78, 5) is 28.0. The molecule has 2 aromatic rings. The van der Waals surface area contributed by atoms with Crippen LogP contribution in [-0.2, 0) is 0 Å². The van der Waals surface area contributed by atoms with Gasteiger partial charge in [0.2, 0.25) is 5.43 Å². The summed E-state index contributed by atoms with van der Waals surface area (Å²) in [5, 5.41) is 3.50. The van der Waals surface area contributed by atoms with Crippen LogP contribution in [0.4, 0.5) is 0 Å². The molecule has 23 heavy (non-hydrogen) atoms. The molecule has 0 aliphatic carbocycles. The van der Waals surface area contributed by atoms with Gasteiger partial charge in [0.25, 0.3) is 5.91 Å².